The maximum atomic E-state index is 12.8. The molecular weight excluding hydrogens is 310 g/mol. The fourth-order valence-corrected chi connectivity index (χ4v) is 4.39. The summed E-state index contributed by atoms with van der Waals surface area (Å²) in [5.74, 6) is 0.197. The Hall–Kier alpha value is -2.07. The lowest BCUT2D eigenvalue weighted by atomic mass is 9.77. The highest BCUT2D eigenvalue weighted by molar-refractivity contribution is 5.95. The number of nitrogens with zero attached hydrogens (tertiary/aromatic N) is 2. The number of aromatic amines is 1. The minimum Gasteiger partial charge on any atom is -0.367 e. The second kappa shape index (κ2) is 6.68. The second-order valence-corrected chi connectivity index (χ2v) is 7.79. The summed E-state index contributed by atoms with van der Waals surface area (Å²) in [6.45, 7) is 7.15. The average Bonchev–Trinajstić information content (AvgIpc) is 3.25. The molecule has 0 atom stereocenters. The molecule has 0 radical (unpaired) electrons. The summed E-state index contributed by atoms with van der Waals surface area (Å²) in [5, 5.41) is 0. The van der Waals surface area contributed by atoms with Gasteiger partial charge in [-0.25, -0.2) is 0 Å². The van der Waals surface area contributed by atoms with Gasteiger partial charge < -0.3 is 9.88 Å². The van der Waals surface area contributed by atoms with E-state index in [9.17, 15) is 4.79 Å². The van der Waals surface area contributed by atoms with Crippen LogP contribution in [-0.4, -0.2) is 46.9 Å². The third kappa shape index (κ3) is 3.36. The van der Waals surface area contributed by atoms with Gasteiger partial charge in [-0.3, -0.25) is 9.69 Å². The van der Waals surface area contributed by atoms with Gasteiger partial charge in [0.2, 0.25) is 0 Å². The molecule has 4 nitrogen and oxygen atoms in total. The molecule has 1 aromatic carbocycles. The van der Waals surface area contributed by atoms with Crippen LogP contribution in [0.4, 0.5) is 0 Å². The predicted octanol–water partition coefficient (Wildman–Crippen LogP) is 3.45. The Morgan fingerprint density at radius 3 is 2.48 bits per heavy atom. The van der Waals surface area contributed by atoms with Gasteiger partial charge in [-0.15, -0.1) is 0 Å². The molecule has 2 aromatic rings. The number of aromatic nitrogens is 1. The predicted molar refractivity (Wildman–Crippen MR) is 99.4 cm³/mol. The van der Waals surface area contributed by atoms with Crippen molar-refractivity contribution in [3.05, 3.63) is 59.4 Å². The van der Waals surface area contributed by atoms with Gasteiger partial charge in [0.15, 0.2) is 0 Å². The number of carbonyl (C=O) groups is 1. The van der Waals surface area contributed by atoms with Crippen LogP contribution in [0.2, 0.25) is 0 Å². The SMILES string of the molecule is Cc1c[nH]cc1C(=O)N1CCC2(CCN(Cc3ccccc3)CC2)C1. The number of carbonyl (C=O) groups excluding carboxylic acids is 1. The van der Waals surface area contributed by atoms with Crippen LogP contribution in [0.25, 0.3) is 0 Å². The van der Waals surface area contributed by atoms with E-state index >= 15 is 0 Å². The van der Waals surface area contributed by atoms with Crippen LogP contribution < -0.4 is 0 Å². The Kier molecular flexibility index (Phi) is 4.38. The maximum Gasteiger partial charge on any atom is 0.255 e. The minimum atomic E-state index is 0.197. The number of aryl methyl sites for hydroxylation is 1. The van der Waals surface area contributed by atoms with E-state index in [0.717, 1.165) is 50.3 Å². The molecule has 1 spiro atoms. The van der Waals surface area contributed by atoms with Crippen molar-refractivity contribution in [2.75, 3.05) is 26.2 Å². The van der Waals surface area contributed by atoms with Gasteiger partial charge in [-0.2, -0.15) is 0 Å². The van der Waals surface area contributed by atoms with E-state index in [-0.39, 0.29) is 5.91 Å². The Morgan fingerprint density at radius 2 is 1.80 bits per heavy atom. The van der Waals surface area contributed by atoms with Gasteiger partial charge in [0, 0.05) is 32.0 Å². The van der Waals surface area contributed by atoms with E-state index in [4.69, 9.17) is 0 Å². The first kappa shape index (κ1) is 16.4. The first-order valence-corrected chi connectivity index (χ1v) is 9.34. The summed E-state index contributed by atoms with van der Waals surface area (Å²) < 4.78 is 0. The Bertz CT molecular complexity index is 729. The average molecular weight is 337 g/mol. The molecule has 25 heavy (non-hydrogen) atoms. The first-order valence-electron chi connectivity index (χ1n) is 9.34. The number of likely N-dealkylation sites (tertiary alicyclic amines) is 2. The summed E-state index contributed by atoms with van der Waals surface area (Å²) in [7, 11) is 0. The quantitative estimate of drug-likeness (QED) is 0.932. The Labute approximate surface area is 149 Å². The molecule has 1 amide bonds. The highest BCUT2D eigenvalue weighted by Gasteiger charge is 2.42. The molecule has 0 aliphatic carbocycles. The van der Waals surface area contributed by atoms with E-state index in [1.165, 1.54) is 18.4 Å². The molecule has 3 heterocycles. The number of nitrogens with one attached hydrogen (secondary N) is 1. The van der Waals surface area contributed by atoms with Gasteiger partial charge in [-0.05, 0) is 55.8 Å². The monoisotopic (exact) mass is 337 g/mol. The van der Waals surface area contributed by atoms with Gasteiger partial charge in [-0.1, -0.05) is 30.3 Å². The van der Waals surface area contributed by atoms with E-state index in [0.29, 0.717) is 5.41 Å². The van der Waals surface area contributed by atoms with Crippen molar-refractivity contribution in [1.82, 2.24) is 14.8 Å². The maximum absolute atomic E-state index is 12.8. The van der Waals surface area contributed by atoms with E-state index in [1.54, 1.807) is 0 Å². The fourth-order valence-electron chi connectivity index (χ4n) is 4.39. The smallest absolute Gasteiger partial charge is 0.255 e. The molecule has 2 saturated heterocycles. The molecule has 2 aliphatic heterocycles. The lowest BCUT2D eigenvalue weighted by Gasteiger charge is -2.39. The summed E-state index contributed by atoms with van der Waals surface area (Å²) in [6, 6.07) is 10.7. The van der Waals surface area contributed by atoms with Gasteiger partial charge in [0.1, 0.15) is 0 Å². The zero-order chi connectivity index (χ0) is 17.3. The zero-order valence-corrected chi connectivity index (χ0v) is 15.0. The molecule has 0 bridgehead atoms. The number of H-pyrrole nitrogens is 1. The molecule has 4 rings (SSSR count). The van der Waals surface area contributed by atoms with Crippen molar-refractivity contribution in [2.45, 2.75) is 32.7 Å². The number of benzene rings is 1. The molecule has 0 saturated carbocycles. The fraction of sp³-hybridized carbons (Fsp3) is 0.476. The van der Waals surface area contributed by atoms with E-state index in [1.807, 2.05) is 19.3 Å². The number of rotatable bonds is 3. The van der Waals surface area contributed by atoms with Crippen molar-refractivity contribution in [3.8, 4) is 0 Å². The molecule has 2 fully saturated rings. The third-order valence-corrected chi connectivity index (χ3v) is 6.07. The first-order chi connectivity index (χ1) is 12.2. The number of hydrogen-bond donors (Lipinski definition) is 1. The summed E-state index contributed by atoms with van der Waals surface area (Å²) in [6.07, 6.45) is 7.30. The topological polar surface area (TPSA) is 39.3 Å². The summed E-state index contributed by atoms with van der Waals surface area (Å²) >= 11 is 0. The number of piperidine rings is 1. The number of amides is 1. The Morgan fingerprint density at radius 1 is 1.08 bits per heavy atom. The van der Waals surface area contributed by atoms with E-state index in [2.05, 4.69) is 45.1 Å². The van der Waals surface area contributed by atoms with Crippen molar-refractivity contribution in [1.29, 1.82) is 0 Å². The molecular formula is C21H27N3O. The molecule has 0 unspecified atom stereocenters. The lowest BCUT2D eigenvalue weighted by Crippen LogP contribution is -2.42. The normalized spacial score (nSPS) is 20.3. The molecule has 1 aromatic heterocycles. The van der Waals surface area contributed by atoms with Gasteiger partial charge in [0.25, 0.3) is 5.91 Å². The van der Waals surface area contributed by atoms with Crippen LogP contribution in [0, 0.1) is 12.3 Å². The van der Waals surface area contributed by atoms with E-state index < -0.39 is 0 Å². The highest BCUT2D eigenvalue weighted by atomic mass is 16.2. The molecule has 132 valence electrons. The van der Waals surface area contributed by atoms with Gasteiger partial charge >= 0.3 is 0 Å². The largest absolute Gasteiger partial charge is 0.367 e. The van der Waals surface area contributed by atoms with Crippen molar-refractivity contribution >= 4 is 5.91 Å². The zero-order valence-electron chi connectivity index (χ0n) is 15.0. The van der Waals surface area contributed by atoms with Crippen LogP contribution in [0.1, 0.15) is 40.7 Å². The van der Waals surface area contributed by atoms with Crippen LogP contribution in [0.5, 0.6) is 0 Å². The molecule has 4 heteroatoms. The van der Waals surface area contributed by atoms with Crippen molar-refractivity contribution < 1.29 is 4.79 Å². The van der Waals surface area contributed by atoms with Crippen LogP contribution in [0.15, 0.2) is 42.7 Å². The van der Waals surface area contributed by atoms with Crippen molar-refractivity contribution in [3.63, 3.8) is 0 Å². The molecule has 2 aliphatic rings. The molecule has 1 N–H and O–H groups in total. The standard InChI is InChI=1S/C21H27N3O/c1-17-13-22-14-19(17)20(25)24-12-9-21(16-24)7-10-23(11-8-21)15-18-5-3-2-4-6-18/h2-6,13-14,22H,7-12,15-16H2,1H3. The lowest BCUT2D eigenvalue weighted by molar-refractivity contribution is 0.0713. The Balaban J connectivity index is 1.34. The van der Waals surface area contributed by atoms with Crippen LogP contribution >= 0.6 is 0 Å². The van der Waals surface area contributed by atoms with Crippen molar-refractivity contribution in [2.24, 2.45) is 5.41 Å². The van der Waals surface area contributed by atoms with Crippen LogP contribution in [-0.2, 0) is 6.54 Å². The number of hydrogen-bond acceptors (Lipinski definition) is 2. The summed E-state index contributed by atoms with van der Waals surface area (Å²) in [4.78, 5) is 20.4. The second-order valence-electron chi connectivity index (χ2n) is 7.79. The van der Waals surface area contributed by atoms with Gasteiger partial charge in [0.05, 0.1) is 5.56 Å². The third-order valence-electron chi connectivity index (χ3n) is 6.07. The van der Waals surface area contributed by atoms with Crippen LogP contribution in [0.3, 0.4) is 0 Å². The highest BCUT2D eigenvalue weighted by Crippen LogP contribution is 2.41. The minimum absolute atomic E-state index is 0.197. The summed E-state index contributed by atoms with van der Waals surface area (Å²) in [5.41, 5.74) is 3.61.